The topological polar surface area (TPSA) is 59.7 Å². The smallest absolute Gasteiger partial charge is 0.246 e. The van der Waals surface area contributed by atoms with E-state index in [0.717, 1.165) is 66.3 Å². The lowest BCUT2D eigenvalue weighted by atomic mass is 10.0. The van der Waals surface area contributed by atoms with E-state index >= 15 is 0 Å². The number of fused-ring (bicyclic) bond motifs is 1. The van der Waals surface area contributed by atoms with Crippen LogP contribution in [0.4, 0.5) is 0 Å². The Balaban J connectivity index is 1.48. The van der Waals surface area contributed by atoms with Gasteiger partial charge in [-0.05, 0) is 73.7 Å². The lowest BCUT2D eigenvalue weighted by Gasteiger charge is -2.34. The number of imidazole rings is 1. The molecule has 4 aromatic rings. The van der Waals surface area contributed by atoms with Gasteiger partial charge in [0.05, 0.1) is 23.4 Å². The number of aryl methyl sites for hydroxylation is 1. The molecule has 2 aromatic heterocycles. The van der Waals surface area contributed by atoms with Crippen molar-refractivity contribution in [3.63, 3.8) is 0 Å². The van der Waals surface area contributed by atoms with Crippen molar-refractivity contribution in [1.29, 1.82) is 0 Å². The van der Waals surface area contributed by atoms with Crippen molar-refractivity contribution in [2.45, 2.75) is 38.6 Å². The van der Waals surface area contributed by atoms with E-state index in [0.29, 0.717) is 0 Å². The zero-order valence-corrected chi connectivity index (χ0v) is 19.4. The number of aromatic nitrogens is 3. The summed E-state index contributed by atoms with van der Waals surface area (Å²) in [4.78, 5) is 23.8. The number of piperidine rings is 1. The van der Waals surface area contributed by atoms with E-state index in [2.05, 4.69) is 35.0 Å². The molecule has 1 saturated heterocycles. The third-order valence-electron chi connectivity index (χ3n) is 6.40. The Hall–Kier alpha value is -3.93. The predicted molar refractivity (Wildman–Crippen MR) is 133 cm³/mol. The fraction of sp³-hybridized carbons (Fsp3) is 0.250. The van der Waals surface area contributed by atoms with Crippen LogP contribution in [-0.2, 0) is 11.2 Å². The molecule has 6 nitrogen and oxygen atoms in total. The molecule has 1 amide bonds. The molecule has 0 unspecified atom stereocenters. The molecule has 0 aliphatic carbocycles. The van der Waals surface area contributed by atoms with Crippen LogP contribution in [0.2, 0.25) is 0 Å². The van der Waals surface area contributed by atoms with Gasteiger partial charge in [-0.3, -0.25) is 14.2 Å². The maximum atomic E-state index is 12.5. The monoisotopic (exact) mass is 452 g/mol. The van der Waals surface area contributed by atoms with Gasteiger partial charge >= 0.3 is 0 Å². The largest absolute Gasteiger partial charge is 0.457 e. The molecule has 0 bridgehead atoms. The Morgan fingerprint density at radius 2 is 2.03 bits per heavy atom. The molecule has 1 atom stereocenters. The highest BCUT2D eigenvalue weighted by atomic mass is 16.5. The van der Waals surface area contributed by atoms with E-state index in [1.165, 1.54) is 11.6 Å². The predicted octanol–water partition coefficient (Wildman–Crippen LogP) is 5.99. The summed E-state index contributed by atoms with van der Waals surface area (Å²) in [6.07, 6.45) is 10.8. The van der Waals surface area contributed by atoms with Crippen LogP contribution in [0.25, 0.3) is 16.8 Å². The second-order valence-corrected chi connectivity index (χ2v) is 8.52. The summed E-state index contributed by atoms with van der Waals surface area (Å²) < 4.78 is 8.12. The average molecular weight is 453 g/mol. The molecule has 1 fully saturated rings. The fourth-order valence-electron chi connectivity index (χ4n) is 4.64. The molecule has 3 heterocycles. The van der Waals surface area contributed by atoms with Crippen molar-refractivity contribution in [1.82, 2.24) is 19.3 Å². The van der Waals surface area contributed by atoms with Crippen LogP contribution in [0, 0.1) is 0 Å². The van der Waals surface area contributed by atoms with Crippen molar-refractivity contribution in [2.24, 2.45) is 0 Å². The number of nitrogens with zero attached hydrogens (tertiary/aromatic N) is 4. The lowest BCUT2D eigenvalue weighted by Crippen LogP contribution is -2.38. The van der Waals surface area contributed by atoms with Gasteiger partial charge < -0.3 is 9.64 Å². The molecular formula is C28H28N4O2. The van der Waals surface area contributed by atoms with E-state index in [9.17, 15) is 4.79 Å². The Labute approximate surface area is 199 Å². The van der Waals surface area contributed by atoms with Crippen molar-refractivity contribution < 1.29 is 9.53 Å². The molecule has 0 spiro atoms. The first kappa shape index (κ1) is 21.9. The number of rotatable bonds is 6. The van der Waals surface area contributed by atoms with Crippen LogP contribution >= 0.6 is 0 Å². The first-order valence-electron chi connectivity index (χ1n) is 11.8. The lowest BCUT2D eigenvalue weighted by molar-refractivity contribution is -0.129. The maximum absolute atomic E-state index is 12.5. The molecule has 0 N–H and O–H groups in total. The summed E-state index contributed by atoms with van der Waals surface area (Å²) >= 11 is 0. The van der Waals surface area contributed by atoms with Gasteiger partial charge in [0.1, 0.15) is 17.3 Å². The third-order valence-corrected chi connectivity index (χ3v) is 6.40. The van der Waals surface area contributed by atoms with Crippen LogP contribution < -0.4 is 4.74 Å². The highest BCUT2D eigenvalue weighted by Gasteiger charge is 2.30. The Morgan fingerprint density at radius 1 is 1.18 bits per heavy atom. The van der Waals surface area contributed by atoms with Crippen LogP contribution in [0.1, 0.15) is 43.6 Å². The molecule has 172 valence electrons. The minimum atomic E-state index is -0.0867. The Kier molecular flexibility index (Phi) is 6.12. The SMILES string of the molecule is C=CC(=O)N1CCCC[C@H]1c1nc(-c2ccc(Oc3cccc(CC)c3)cc2)c2cnccn12. The quantitative estimate of drug-likeness (QED) is 0.337. The summed E-state index contributed by atoms with van der Waals surface area (Å²) in [5.74, 6) is 2.41. The van der Waals surface area contributed by atoms with Gasteiger partial charge in [-0.25, -0.2) is 4.98 Å². The number of hydrogen-bond donors (Lipinski definition) is 0. The maximum Gasteiger partial charge on any atom is 0.246 e. The van der Waals surface area contributed by atoms with Gasteiger partial charge in [0.25, 0.3) is 0 Å². The molecule has 1 aliphatic heterocycles. The minimum Gasteiger partial charge on any atom is -0.457 e. The highest BCUT2D eigenvalue weighted by Crippen LogP contribution is 2.35. The van der Waals surface area contributed by atoms with Crippen molar-refractivity contribution in [2.75, 3.05) is 6.54 Å². The zero-order valence-electron chi connectivity index (χ0n) is 19.4. The van der Waals surface area contributed by atoms with Crippen molar-refractivity contribution in [3.8, 4) is 22.8 Å². The second-order valence-electron chi connectivity index (χ2n) is 8.52. The van der Waals surface area contributed by atoms with E-state index in [4.69, 9.17) is 9.72 Å². The van der Waals surface area contributed by atoms with Crippen LogP contribution in [0.5, 0.6) is 11.5 Å². The molecule has 0 radical (unpaired) electrons. The molecule has 2 aromatic carbocycles. The van der Waals surface area contributed by atoms with Crippen LogP contribution in [0.15, 0.2) is 79.8 Å². The van der Waals surface area contributed by atoms with Gasteiger partial charge in [-0.1, -0.05) is 25.6 Å². The summed E-state index contributed by atoms with van der Waals surface area (Å²) in [6, 6.07) is 16.0. The molecule has 6 heteroatoms. The van der Waals surface area contributed by atoms with E-state index in [1.54, 1.807) is 6.20 Å². The minimum absolute atomic E-state index is 0.0503. The first-order valence-corrected chi connectivity index (χ1v) is 11.8. The van der Waals surface area contributed by atoms with Gasteiger partial charge in [0.2, 0.25) is 5.91 Å². The molecule has 5 rings (SSSR count). The first-order chi connectivity index (χ1) is 16.7. The Morgan fingerprint density at radius 3 is 2.82 bits per heavy atom. The zero-order chi connectivity index (χ0) is 23.5. The van der Waals surface area contributed by atoms with Crippen molar-refractivity contribution >= 4 is 11.4 Å². The van der Waals surface area contributed by atoms with Crippen molar-refractivity contribution in [3.05, 3.63) is 91.2 Å². The number of carbonyl (C=O) groups is 1. The number of ether oxygens (including phenoxy) is 1. The standard InChI is InChI=1S/C28H28N4O2/c1-3-20-8-7-9-23(18-20)34-22-13-11-21(12-14-22)27-25-19-29-15-17-32(25)28(30-27)24-10-5-6-16-31(24)26(33)4-2/h4,7-9,11-15,17-19,24H,2-3,5-6,10,16H2,1H3/t24-/m0/s1. The number of benzene rings is 2. The number of likely N-dealkylation sites (tertiary alicyclic amines) is 1. The van der Waals surface area contributed by atoms with E-state index in [-0.39, 0.29) is 11.9 Å². The van der Waals surface area contributed by atoms with Gasteiger partial charge in [-0.2, -0.15) is 0 Å². The Bertz CT molecular complexity index is 1330. The summed E-state index contributed by atoms with van der Waals surface area (Å²) in [5.41, 5.74) is 3.98. The van der Waals surface area contributed by atoms with Gasteiger partial charge in [0.15, 0.2) is 0 Å². The third kappa shape index (κ3) is 4.19. The second kappa shape index (κ2) is 9.51. The highest BCUT2D eigenvalue weighted by molar-refractivity contribution is 5.87. The number of amides is 1. The summed E-state index contributed by atoms with van der Waals surface area (Å²) in [7, 11) is 0. The molecule has 34 heavy (non-hydrogen) atoms. The number of carbonyl (C=O) groups excluding carboxylic acids is 1. The van der Waals surface area contributed by atoms with Gasteiger partial charge in [-0.15, -0.1) is 0 Å². The van der Waals surface area contributed by atoms with E-state index in [1.807, 2.05) is 53.7 Å². The molecular weight excluding hydrogens is 424 g/mol. The normalized spacial score (nSPS) is 15.9. The molecule has 1 aliphatic rings. The fourth-order valence-corrected chi connectivity index (χ4v) is 4.64. The molecule has 0 saturated carbocycles. The van der Waals surface area contributed by atoms with Crippen LogP contribution in [-0.4, -0.2) is 31.7 Å². The van der Waals surface area contributed by atoms with Crippen LogP contribution in [0.3, 0.4) is 0 Å². The van der Waals surface area contributed by atoms with Gasteiger partial charge in [0, 0.05) is 24.5 Å². The number of hydrogen-bond acceptors (Lipinski definition) is 4. The summed E-state index contributed by atoms with van der Waals surface area (Å²) in [6.45, 7) is 6.54. The summed E-state index contributed by atoms with van der Waals surface area (Å²) in [5, 5.41) is 0. The van der Waals surface area contributed by atoms with E-state index < -0.39 is 0 Å². The average Bonchev–Trinajstić information content (AvgIpc) is 3.28.